The van der Waals surface area contributed by atoms with E-state index in [0.717, 1.165) is 16.4 Å². The highest BCUT2D eigenvalue weighted by atomic mass is 19.4. The Morgan fingerprint density at radius 2 is 1.80 bits per heavy atom. The molecule has 4 N–H and O–H groups in total. The molecule has 1 aliphatic heterocycles. The van der Waals surface area contributed by atoms with E-state index in [-0.39, 0.29) is 62.1 Å². The summed E-state index contributed by atoms with van der Waals surface area (Å²) in [7, 11) is 1.63. The van der Waals surface area contributed by atoms with Crippen LogP contribution in [0.2, 0.25) is 0 Å². The SMILES string of the molecule is Cn1c(=O)n(C2CCC(=O)NC2=O)c2ccc(CCCOCCOCCNC(c3ccc(-n4cc([N+](=O)[O-])c(C(N)=O)n4)cc3)C(F)(F)F)cc21. The molecule has 2 unspecified atom stereocenters. The normalized spacial score (nSPS) is 15.6. The van der Waals surface area contributed by atoms with Crippen LogP contribution in [0.1, 0.15) is 53.0 Å². The van der Waals surface area contributed by atoms with Gasteiger partial charge in [0.1, 0.15) is 18.3 Å². The van der Waals surface area contributed by atoms with Gasteiger partial charge in [-0.3, -0.25) is 38.9 Å². The second-order valence-electron chi connectivity index (χ2n) is 11.8. The topological polar surface area (TPSA) is 208 Å². The summed E-state index contributed by atoms with van der Waals surface area (Å²) in [6.07, 6.45) is -1.97. The lowest BCUT2D eigenvalue weighted by Gasteiger charge is -2.22. The van der Waals surface area contributed by atoms with Crippen molar-refractivity contribution in [2.45, 2.75) is 43.9 Å². The number of aryl methyl sites for hydroxylation is 2. The van der Waals surface area contributed by atoms with Crippen LogP contribution >= 0.6 is 0 Å². The third-order valence-electron chi connectivity index (χ3n) is 8.34. The fourth-order valence-electron chi connectivity index (χ4n) is 5.82. The Kier molecular flexibility index (Phi) is 11.3. The molecule has 2 aromatic heterocycles. The number of fused-ring (bicyclic) bond motifs is 1. The highest BCUT2D eigenvalue weighted by Gasteiger charge is 2.40. The van der Waals surface area contributed by atoms with Crippen molar-refractivity contribution in [3.05, 3.63) is 86.1 Å². The molecule has 2 aromatic carbocycles. The van der Waals surface area contributed by atoms with Crippen LogP contribution in [-0.2, 0) is 32.5 Å². The van der Waals surface area contributed by atoms with Gasteiger partial charge < -0.3 is 20.5 Å². The molecule has 272 valence electrons. The van der Waals surface area contributed by atoms with Gasteiger partial charge in [-0.05, 0) is 54.7 Å². The van der Waals surface area contributed by atoms with Gasteiger partial charge in [0, 0.05) is 26.6 Å². The number of imidazole rings is 1. The molecule has 4 aromatic rings. The fraction of sp³-hybridized carbons (Fsp3) is 0.406. The maximum absolute atomic E-state index is 13.8. The predicted molar refractivity (Wildman–Crippen MR) is 174 cm³/mol. The van der Waals surface area contributed by atoms with E-state index in [1.54, 1.807) is 13.1 Å². The minimum atomic E-state index is -4.63. The number of hydrogen-bond donors (Lipinski definition) is 3. The highest BCUT2D eigenvalue weighted by molar-refractivity contribution is 6.00. The third-order valence-corrected chi connectivity index (χ3v) is 8.34. The number of carbonyl (C=O) groups is 3. The van der Waals surface area contributed by atoms with Gasteiger partial charge >= 0.3 is 17.6 Å². The number of benzene rings is 2. The van der Waals surface area contributed by atoms with E-state index in [1.807, 2.05) is 12.1 Å². The fourth-order valence-corrected chi connectivity index (χ4v) is 5.82. The van der Waals surface area contributed by atoms with Crippen molar-refractivity contribution in [1.29, 1.82) is 0 Å². The zero-order valence-corrected chi connectivity index (χ0v) is 27.4. The first-order chi connectivity index (χ1) is 24.3. The molecule has 16 nitrogen and oxygen atoms in total. The molecule has 0 radical (unpaired) electrons. The number of piperidine rings is 1. The number of primary amides is 1. The molecule has 3 heterocycles. The number of nitrogens with one attached hydrogen (secondary N) is 2. The van der Waals surface area contributed by atoms with Crippen LogP contribution in [0.15, 0.2) is 53.5 Å². The molecule has 2 atom stereocenters. The van der Waals surface area contributed by atoms with Crippen LogP contribution in [0.3, 0.4) is 0 Å². The largest absolute Gasteiger partial charge is 0.407 e. The molecule has 0 spiro atoms. The smallest absolute Gasteiger partial charge is 0.379 e. The number of rotatable bonds is 16. The van der Waals surface area contributed by atoms with E-state index < -0.39 is 46.4 Å². The minimum absolute atomic E-state index is 0.0158. The van der Waals surface area contributed by atoms with Crippen LogP contribution in [0.5, 0.6) is 0 Å². The lowest BCUT2D eigenvalue weighted by atomic mass is 10.1. The second kappa shape index (κ2) is 15.7. The van der Waals surface area contributed by atoms with Gasteiger partial charge in [0.15, 0.2) is 0 Å². The van der Waals surface area contributed by atoms with Crippen molar-refractivity contribution >= 4 is 34.4 Å². The first-order valence-electron chi connectivity index (χ1n) is 15.9. The maximum Gasteiger partial charge on any atom is 0.407 e. The number of hydrogen-bond acceptors (Lipinski definition) is 10. The molecular weight excluding hydrogens is 681 g/mol. The summed E-state index contributed by atoms with van der Waals surface area (Å²) in [6.45, 7) is 0.666. The van der Waals surface area contributed by atoms with E-state index in [1.165, 1.54) is 33.4 Å². The number of aromatic nitrogens is 4. The van der Waals surface area contributed by atoms with Gasteiger partial charge in [-0.2, -0.15) is 18.3 Å². The first kappa shape index (κ1) is 36.9. The number of nitrogens with two attached hydrogens (primary N) is 1. The highest BCUT2D eigenvalue weighted by Crippen LogP contribution is 2.33. The van der Waals surface area contributed by atoms with E-state index in [4.69, 9.17) is 15.2 Å². The Morgan fingerprint density at radius 3 is 2.43 bits per heavy atom. The summed E-state index contributed by atoms with van der Waals surface area (Å²) in [5.41, 5.74) is 5.89. The molecule has 3 amide bonds. The standard InChI is InChI=1S/C32H35F3N8O8/c1-40-24-17-19(4-9-22(24)42(31(40)47)23-10-11-26(44)38-30(23)46)3-2-13-50-15-16-51-14-12-37-28(32(33,34)35)20-5-7-21(8-6-20)41-18-25(43(48)49)27(39-41)29(36)45/h4-9,17-18,23,28,37H,2-3,10-16H2,1H3,(H2,36,45)(H,38,44,46). The molecule has 1 fully saturated rings. The van der Waals surface area contributed by atoms with Gasteiger partial charge in [0.05, 0.1) is 41.5 Å². The molecule has 0 saturated carbocycles. The van der Waals surface area contributed by atoms with Crippen molar-refractivity contribution in [3.63, 3.8) is 0 Å². The average Bonchev–Trinajstić information content (AvgIpc) is 3.63. The summed E-state index contributed by atoms with van der Waals surface area (Å²) >= 11 is 0. The monoisotopic (exact) mass is 716 g/mol. The lowest BCUT2D eigenvalue weighted by molar-refractivity contribution is -0.385. The van der Waals surface area contributed by atoms with Crippen molar-refractivity contribution in [2.24, 2.45) is 12.8 Å². The number of nitro groups is 1. The molecule has 0 bridgehead atoms. The second-order valence-corrected chi connectivity index (χ2v) is 11.8. The van der Waals surface area contributed by atoms with Gasteiger partial charge in [-0.1, -0.05) is 18.2 Å². The van der Waals surface area contributed by atoms with E-state index >= 15 is 0 Å². The van der Waals surface area contributed by atoms with Gasteiger partial charge in [-0.15, -0.1) is 0 Å². The van der Waals surface area contributed by atoms with Crippen LogP contribution < -0.4 is 22.1 Å². The number of nitrogens with zero attached hydrogens (tertiary/aromatic N) is 5. The van der Waals surface area contributed by atoms with E-state index in [9.17, 15) is 42.5 Å². The quantitative estimate of drug-likeness (QED) is 0.0668. The Bertz CT molecular complexity index is 1960. The lowest BCUT2D eigenvalue weighted by Crippen LogP contribution is -2.44. The zero-order chi connectivity index (χ0) is 36.9. The number of carbonyl (C=O) groups excluding carboxylic acids is 3. The number of imide groups is 1. The maximum atomic E-state index is 13.8. The molecule has 1 aliphatic rings. The number of alkyl halides is 3. The third kappa shape index (κ3) is 8.50. The van der Waals surface area contributed by atoms with Crippen LogP contribution in [0.4, 0.5) is 18.9 Å². The molecular formula is C32H35F3N8O8. The van der Waals surface area contributed by atoms with Crippen LogP contribution in [0, 0.1) is 10.1 Å². The Morgan fingerprint density at radius 1 is 1.10 bits per heavy atom. The summed E-state index contributed by atoms with van der Waals surface area (Å²) in [6, 6.07) is 7.73. The molecule has 1 saturated heterocycles. The van der Waals surface area contributed by atoms with Gasteiger partial charge in [0.2, 0.25) is 17.5 Å². The summed E-state index contributed by atoms with van der Waals surface area (Å²) in [4.78, 5) is 58.7. The average molecular weight is 717 g/mol. The van der Waals surface area contributed by atoms with Crippen LogP contribution in [0.25, 0.3) is 16.7 Å². The molecule has 5 rings (SSSR count). The molecule has 0 aliphatic carbocycles. The number of ether oxygens (including phenoxy) is 2. The number of amides is 3. The van der Waals surface area contributed by atoms with Gasteiger partial charge in [0.25, 0.3) is 5.91 Å². The van der Waals surface area contributed by atoms with Crippen molar-refractivity contribution in [3.8, 4) is 5.69 Å². The summed E-state index contributed by atoms with van der Waals surface area (Å²) < 4.78 is 56.4. The van der Waals surface area contributed by atoms with Crippen molar-refractivity contribution in [1.82, 2.24) is 29.5 Å². The molecule has 51 heavy (non-hydrogen) atoms. The summed E-state index contributed by atoms with van der Waals surface area (Å²) in [5.74, 6) is -1.97. The number of halogens is 3. The minimum Gasteiger partial charge on any atom is -0.379 e. The van der Waals surface area contributed by atoms with Crippen LogP contribution in [-0.4, -0.2) is 80.7 Å². The first-order valence-corrected chi connectivity index (χ1v) is 15.9. The van der Waals surface area contributed by atoms with E-state index in [0.29, 0.717) is 30.5 Å². The van der Waals surface area contributed by atoms with Crippen molar-refractivity contribution < 1.29 is 42.0 Å². The zero-order valence-electron chi connectivity index (χ0n) is 27.4. The molecule has 19 heteroatoms. The Balaban J connectivity index is 1.03. The van der Waals surface area contributed by atoms with E-state index in [2.05, 4.69) is 15.7 Å². The predicted octanol–water partition coefficient (Wildman–Crippen LogP) is 2.37. The van der Waals surface area contributed by atoms with Crippen molar-refractivity contribution in [2.75, 3.05) is 33.0 Å². The van der Waals surface area contributed by atoms with Gasteiger partial charge in [-0.25, -0.2) is 9.48 Å². The Hall–Kier alpha value is -5.40. The summed E-state index contributed by atoms with van der Waals surface area (Å²) in [5, 5.41) is 19.7. The Labute approximate surface area is 287 Å².